The number of likely N-dealkylation sites (N-methyl/N-ethyl adjacent to an activating group) is 1. The Bertz CT molecular complexity index is 1290. The molecule has 2 N–H and O–H groups in total. The van der Waals surface area contributed by atoms with Crippen LogP contribution < -0.4 is 10.9 Å². The zero-order valence-corrected chi connectivity index (χ0v) is 19.4. The van der Waals surface area contributed by atoms with Gasteiger partial charge in [-0.3, -0.25) is 20.4 Å². The third-order valence-corrected chi connectivity index (χ3v) is 6.82. The van der Waals surface area contributed by atoms with E-state index in [9.17, 15) is 22.4 Å². The summed E-state index contributed by atoms with van der Waals surface area (Å²) in [7, 11) is -2.59. The van der Waals surface area contributed by atoms with Crippen molar-refractivity contribution in [3.8, 4) is 5.69 Å². The fourth-order valence-electron chi connectivity index (χ4n) is 3.21. The van der Waals surface area contributed by atoms with Crippen LogP contribution in [0.2, 0.25) is 0 Å². The Morgan fingerprint density at radius 2 is 1.61 bits per heavy atom. The lowest BCUT2D eigenvalue weighted by Gasteiger charge is -2.17. The van der Waals surface area contributed by atoms with Gasteiger partial charge in [0.25, 0.3) is 11.8 Å². The van der Waals surface area contributed by atoms with Gasteiger partial charge < -0.3 is 0 Å². The highest BCUT2D eigenvalue weighted by Gasteiger charge is 2.24. The first kappa shape index (κ1) is 24.1. The van der Waals surface area contributed by atoms with Crippen LogP contribution in [-0.2, 0) is 14.8 Å². The minimum absolute atomic E-state index is 0.0619. The van der Waals surface area contributed by atoms with Crippen molar-refractivity contribution < 1.29 is 22.4 Å². The van der Waals surface area contributed by atoms with E-state index in [1.807, 2.05) is 6.92 Å². The van der Waals surface area contributed by atoms with E-state index in [1.165, 1.54) is 48.1 Å². The summed E-state index contributed by atoms with van der Waals surface area (Å²) in [4.78, 5) is 25.0. The summed E-state index contributed by atoms with van der Waals surface area (Å²) in [6.07, 6.45) is 0. The molecule has 0 radical (unpaired) electrons. The SMILES string of the molecule is Cc1ccc(S(=O)(=O)N(C)CC(=O)NNC(=O)c2c(C)nn(-c3ccc(F)cc3)c2C)cc1. The molecule has 2 amide bonds. The van der Waals surface area contributed by atoms with Gasteiger partial charge in [0.1, 0.15) is 5.82 Å². The van der Waals surface area contributed by atoms with E-state index < -0.39 is 34.2 Å². The van der Waals surface area contributed by atoms with Crippen molar-refractivity contribution in [3.63, 3.8) is 0 Å². The van der Waals surface area contributed by atoms with Crippen molar-refractivity contribution in [2.75, 3.05) is 13.6 Å². The van der Waals surface area contributed by atoms with Gasteiger partial charge in [-0.2, -0.15) is 9.40 Å². The average Bonchev–Trinajstić information content (AvgIpc) is 3.06. The van der Waals surface area contributed by atoms with Gasteiger partial charge in [0.15, 0.2) is 0 Å². The number of carbonyl (C=O) groups is 2. The summed E-state index contributed by atoms with van der Waals surface area (Å²) in [6.45, 7) is 4.64. The predicted octanol–water partition coefficient (Wildman–Crippen LogP) is 2.02. The van der Waals surface area contributed by atoms with Gasteiger partial charge in [0.05, 0.1) is 34.1 Å². The lowest BCUT2D eigenvalue weighted by atomic mass is 10.2. The average molecular weight is 474 g/mol. The van der Waals surface area contributed by atoms with Crippen LogP contribution in [0.1, 0.15) is 27.3 Å². The quantitative estimate of drug-likeness (QED) is 0.532. The highest BCUT2D eigenvalue weighted by atomic mass is 32.2. The van der Waals surface area contributed by atoms with Gasteiger partial charge in [-0.1, -0.05) is 17.7 Å². The second-order valence-corrected chi connectivity index (χ2v) is 9.56. The number of hydrogen-bond donors (Lipinski definition) is 2. The first-order valence-electron chi connectivity index (χ1n) is 9.95. The Kier molecular flexibility index (Phi) is 6.94. The van der Waals surface area contributed by atoms with Crippen LogP contribution in [0.3, 0.4) is 0 Å². The van der Waals surface area contributed by atoms with Crippen LogP contribution in [0.4, 0.5) is 4.39 Å². The molecule has 0 aliphatic heterocycles. The van der Waals surface area contributed by atoms with Crippen molar-refractivity contribution >= 4 is 21.8 Å². The fraction of sp³-hybridized carbons (Fsp3) is 0.227. The number of nitrogens with zero attached hydrogens (tertiary/aromatic N) is 3. The Morgan fingerprint density at radius 1 is 1.00 bits per heavy atom. The number of halogens is 1. The number of hydrazine groups is 1. The summed E-state index contributed by atoms with van der Waals surface area (Å²) in [6, 6.07) is 11.9. The van der Waals surface area contributed by atoms with Crippen molar-refractivity contribution in [1.82, 2.24) is 24.9 Å². The predicted molar refractivity (Wildman–Crippen MR) is 120 cm³/mol. The topological polar surface area (TPSA) is 113 Å². The van der Waals surface area contributed by atoms with E-state index in [1.54, 1.807) is 26.0 Å². The number of amides is 2. The smallest absolute Gasteiger partial charge is 0.272 e. The maximum atomic E-state index is 13.2. The Hall–Kier alpha value is -3.57. The third kappa shape index (κ3) is 5.26. The van der Waals surface area contributed by atoms with Gasteiger partial charge in [-0.05, 0) is 57.2 Å². The van der Waals surface area contributed by atoms with Gasteiger partial charge in [0, 0.05) is 7.05 Å². The molecule has 9 nitrogen and oxygen atoms in total. The molecular formula is C22H24FN5O4S. The molecule has 0 saturated carbocycles. The molecule has 174 valence electrons. The van der Waals surface area contributed by atoms with Crippen molar-refractivity contribution in [2.24, 2.45) is 0 Å². The highest BCUT2D eigenvalue weighted by molar-refractivity contribution is 7.89. The monoisotopic (exact) mass is 473 g/mol. The number of rotatable bonds is 6. The van der Waals surface area contributed by atoms with E-state index in [4.69, 9.17) is 0 Å². The van der Waals surface area contributed by atoms with Gasteiger partial charge >= 0.3 is 0 Å². The highest BCUT2D eigenvalue weighted by Crippen LogP contribution is 2.18. The molecule has 0 saturated heterocycles. The molecule has 0 fully saturated rings. The molecule has 0 unspecified atom stereocenters. The van der Waals surface area contributed by atoms with Crippen LogP contribution in [0.25, 0.3) is 5.69 Å². The number of sulfonamides is 1. The molecular weight excluding hydrogens is 449 g/mol. The Labute approximate surface area is 191 Å². The summed E-state index contributed by atoms with van der Waals surface area (Å²) in [5, 5.41) is 4.31. The molecule has 3 aromatic rings. The molecule has 33 heavy (non-hydrogen) atoms. The molecule has 0 aliphatic rings. The van der Waals surface area contributed by atoms with Crippen LogP contribution in [0.5, 0.6) is 0 Å². The van der Waals surface area contributed by atoms with Gasteiger partial charge in [0.2, 0.25) is 10.0 Å². The van der Waals surface area contributed by atoms with Crippen LogP contribution >= 0.6 is 0 Å². The number of carbonyl (C=O) groups excluding carboxylic acids is 2. The molecule has 1 aromatic heterocycles. The second-order valence-electron chi connectivity index (χ2n) is 7.51. The molecule has 2 aromatic carbocycles. The van der Waals surface area contributed by atoms with Crippen LogP contribution in [-0.4, -0.2) is 47.9 Å². The normalized spacial score (nSPS) is 11.5. The van der Waals surface area contributed by atoms with E-state index in [2.05, 4.69) is 16.0 Å². The molecule has 1 heterocycles. The molecule has 11 heteroatoms. The summed E-state index contributed by atoms with van der Waals surface area (Å²) in [5.74, 6) is -1.73. The first-order valence-corrected chi connectivity index (χ1v) is 11.4. The largest absolute Gasteiger partial charge is 0.273 e. The molecule has 3 rings (SSSR count). The zero-order valence-electron chi connectivity index (χ0n) is 18.6. The number of benzene rings is 2. The molecule has 0 aliphatic carbocycles. The number of nitrogens with one attached hydrogen (secondary N) is 2. The van der Waals surface area contributed by atoms with E-state index >= 15 is 0 Å². The standard InChI is InChI=1S/C22H24FN5O4S/c1-14-5-11-19(12-6-14)33(31,32)27(4)13-20(29)24-25-22(30)21-15(2)26-28(16(21)3)18-9-7-17(23)8-10-18/h5-12H,13H2,1-4H3,(H,24,29)(H,25,30). The lowest BCUT2D eigenvalue weighted by Crippen LogP contribution is -2.47. The number of hydrogen-bond acceptors (Lipinski definition) is 5. The van der Waals surface area contributed by atoms with Crippen LogP contribution in [0.15, 0.2) is 53.4 Å². The Morgan fingerprint density at radius 3 is 2.21 bits per heavy atom. The molecule has 0 spiro atoms. The van der Waals surface area contributed by atoms with E-state index in [0.29, 0.717) is 17.1 Å². The summed E-state index contributed by atoms with van der Waals surface area (Å²) in [5.41, 5.74) is 7.12. The van der Waals surface area contributed by atoms with Gasteiger partial charge in [-0.15, -0.1) is 0 Å². The summed E-state index contributed by atoms with van der Waals surface area (Å²) < 4.78 is 40.8. The fourth-order valence-corrected chi connectivity index (χ4v) is 4.34. The zero-order chi connectivity index (χ0) is 24.3. The number of aryl methyl sites for hydroxylation is 2. The number of aromatic nitrogens is 2. The summed E-state index contributed by atoms with van der Waals surface area (Å²) >= 11 is 0. The molecule has 0 bridgehead atoms. The third-order valence-electron chi connectivity index (χ3n) is 5.00. The van der Waals surface area contributed by atoms with E-state index in [-0.39, 0.29) is 10.5 Å². The lowest BCUT2D eigenvalue weighted by molar-refractivity contribution is -0.121. The minimum Gasteiger partial charge on any atom is -0.272 e. The Balaban J connectivity index is 1.65. The maximum absolute atomic E-state index is 13.2. The second kappa shape index (κ2) is 9.51. The first-order chi connectivity index (χ1) is 15.5. The van der Waals surface area contributed by atoms with Crippen molar-refractivity contribution in [2.45, 2.75) is 25.7 Å². The molecule has 0 atom stereocenters. The van der Waals surface area contributed by atoms with Crippen molar-refractivity contribution in [3.05, 3.63) is 76.9 Å². The minimum atomic E-state index is -3.87. The van der Waals surface area contributed by atoms with E-state index in [0.717, 1.165) is 9.87 Å². The van der Waals surface area contributed by atoms with Crippen molar-refractivity contribution in [1.29, 1.82) is 0 Å². The van der Waals surface area contributed by atoms with Gasteiger partial charge in [-0.25, -0.2) is 17.5 Å². The van der Waals surface area contributed by atoms with Crippen LogP contribution in [0, 0.1) is 26.6 Å². The maximum Gasteiger partial charge on any atom is 0.273 e.